The second-order valence-electron chi connectivity index (χ2n) is 4.84. The van der Waals surface area contributed by atoms with Crippen LogP contribution in [0.5, 0.6) is 5.75 Å². The van der Waals surface area contributed by atoms with E-state index in [4.69, 9.17) is 15.7 Å². The Morgan fingerprint density at radius 2 is 2.25 bits per heavy atom. The Kier molecular flexibility index (Phi) is 5.55. The molecule has 110 valence electrons. The summed E-state index contributed by atoms with van der Waals surface area (Å²) in [6, 6.07) is 7.23. The summed E-state index contributed by atoms with van der Waals surface area (Å²) in [6.45, 7) is 6.17. The van der Waals surface area contributed by atoms with Gasteiger partial charge in [0.2, 0.25) is 0 Å². The van der Waals surface area contributed by atoms with E-state index in [2.05, 4.69) is 17.0 Å². The molecule has 20 heavy (non-hydrogen) atoms. The number of thioether (sulfide) groups is 1. The van der Waals surface area contributed by atoms with Crippen LogP contribution in [0, 0.1) is 0 Å². The van der Waals surface area contributed by atoms with Crippen molar-refractivity contribution in [3.05, 3.63) is 29.8 Å². The van der Waals surface area contributed by atoms with Crippen LogP contribution in [-0.4, -0.2) is 53.2 Å². The van der Waals surface area contributed by atoms with Gasteiger partial charge in [-0.15, -0.1) is 0 Å². The summed E-state index contributed by atoms with van der Waals surface area (Å²) >= 11 is 2.03. The smallest absolute Gasteiger partial charge is 0.170 e. The molecule has 1 aliphatic rings. The molecule has 0 aromatic heterocycles. The molecule has 1 aliphatic heterocycles. The molecule has 1 fully saturated rings. The maximum Gasteiger partial charge on any atom is 0.170 e. The van der Waals surface area contributed by atoms with Gasteiger partial charge >= 0.3 is 0 Å². The highest BCUT2D eigenvalue weighted by Crippen LogP contribution is 2.17. The zero-order valence-electron chi connectivity index (χ0n) is 11.7. The van der Waals surface area contributed by atoms with Crippen molar-refractivity contribution in [3.63, 3.8) is 0 Å². The maximum absolute atomic E-state index is 8.59. The molecule has 0 amide bonds. The lowest BCUT2D eigenvalue weighted by Crippen LogP contribution is -2.39. The molecule has 1 unspecified atom stereocenters. The molecule has 1 aromatic carbocycles. The number of hydrogen-bond donors (Lipinski definition) is 2. The summed E-state index contributed by atoms with van der Waals surface area (Å²) in [6.07, 6.45) is 0. The molecule has 0 bridgehead atoms. The molecule has 1 atom stereocenters. The normalized spacial score (nSPS) is 20.9. The Morgan fingerprint density at radius 1 is 1.50 bits per heavy atom. The Morgan fingerprint density at radius 3 is 2.90 bits per heavy atom. The van der Waals surface area contributed by atoms with Gasteiger partial charge in [-0.2, -0.15) is 11.8 Å². The van der Waals surface area contributed by atoms with E-state index in [0.717, 1.165) is 25.4 Å². The molecule has 1 saturated heterocycles. The van der Waals surface area contributed by atoms with Gasteiger partial charge in [0, 0.05) is 36.2 Å². The number of nitrogens with zero attached hydrogens (tertiary/aromatic N) is 2. The standard InChI is InChI=1S/C14H21N3O2S/c1-11-10-17(7-9-20-11)6-8-19-13-4-2-12(3-5-13)14(15)16-18/h2-5,11,18H,6-10H2,1H3,(H2,15,16). The third-order valence-electron chi connectivity index (χ3n) is 3.26. The van der Waals surface area contributed by atoms with Gasteiger partial charge < -0.3 is 15.7 Å². The Balaban J connectivity index is 1.76. The monoisotopic (exact) mass is 295 g/mol. The number of hydrogen-bond acceptors (Lipinski definition) is 5. The second kappa shape index (κ2) is 7.40. The minimum atomic E-state index is 0.108. The van der Waals surface area contributed by atoms with Crippen molar-refractivity contribution in [2.45, 2.75) is 12.2 Å². The number of benzene rings is 1. The molecular formula is C14H21N3O2S. The van der Waals surface area contributed by atoms with E-state index in [-0.39, 0.29) is 5.84 Å². The van der Waals surface area contributed by atoms with Crippen LogP contribution in [0.2, 0.25) is 0 Å². The Hall–Kier alpha value is -1.40. The van der Waals surface area contributed by atoms with Gasteiger partial charge in [0.05, 0.1) is 0 Å². The fraction of sp³-hybridized carbons (Fsp3) is 0.500. The minimum absolute atomic E-state index is 0.108. The molecule has 3 N–H and O–H groups in total. The summed E-state index contributed by atoms with van der Waals surface area (Å²) in [5.74, 6) is 2.12. The van der Waals surface area contributed by atoms with Crippen molar-refractivity contribution in [2.24, 2.45) is 10.9 Å². The molecule has 1 aromatic rings. The number of amidine groups is 1. The quantitative estimate of drug-likeness (QED) is 0.374. The van der Waals surface area contributed by atoms with Crippen molar-refractivity contribution in [3.8, 4) is 5.75 Å². The predicted molar refractivity (Wildman–Crippen MR) is 82.8 cm³/mol. The van der Waals surface area contributed by atoms with E-state index in [9.17, 15) is 0 Å². The summed E-state index contributed by atoms with van der Waals surface area (Å²) in [5.41, 5.74) is 6.19. The second-order valence-corrected chi connectivity index (χ2v) is 6.39. The van der Waals surface area contributed by atoms with Crippen LogP contribution in [0.15, 0.2) is 29.4 Å². The van der Waals surface area contributed by atoms with Crippen molar-refractivity contribution in [2.75, 3.05) is 32.0 Å². The summed E-state index contributed by atoms with van der Waals surface area (Å²) in [5, 5.41) is 12.3. The fourth-order valence-electron chi connectivity index (χ4n) is 2.17. The van der Waals surface area contributed by atoms with Gasteiger partial charge in [-0.25, -0.2) is 0 Å². The fourth-order valence-corrected chi connectivity index (χ4v) is 3.25. The number of nitrogens with two attached hydrogens (primary N) is 1. The molecule has 0 aliphatic carbocycles. The lowest BCUT2D eigenvalue weighted by Gasteiger charge is -2.30. The van der Waals surface area contributed by atoms with E-state index in [1.54, 1.807) is 12.1 Å². The highest BCUT2D eigenvalue weighted by molar-refractivity contribution is 7.99. The molecule has 1 heterocycles. The van der Waals surface area contributed by atoms with Crippen molar-refractivity contribution >= 4 is 17.6 Å². The molecule has 5 nitrogen and oxygen atoms in total. The van der Waals surface area contributed by atoms with Gasteiger partial charge in [0.15, 0.2) is 5.84 Å². The molecular weight excluding hydrogens is 274 g/mol. The first-order chi connectivity index (χ1) is 9.69. The van der Waals surface area contributed by atoms with Crippen LogP contribution >= 0.6 is 11.8 Å². The SMILES string of the molecule is CC1CN(CCOc2ccc(/C(N)=N/O)cc2)CCS1. The highest BCUT2D eigenvalue weighted by atomic mass is 32.2. The summed E-state index contributed by atoms with van der Waals surface area (Å²) in [4.78, 5) is 2.44. The molecule has 6 heteroatoms. The minimum Gasteiger partial charge on any atom is -0.492 e. The number of rotatable bonds is 5. The van der Waals surface area contributed by atoms with Crippen LogP contribution < -0.4 is 10.5 Å². The van der Waals surface area contributed by atoms with Crippen LogP contribution in [0.1, 0.15) is 12.5 Å². The van der Waals surface area contributed by atoms with Crippen molar-refractivity contribution in [1.82, 2.24) is 4.90 Å². The lowest BCUT2D eigenvalue weighted by atomic mass is 10.2. The van der Waals surface area contributed by atoms with Crippen LogP contribution in [-0.2, 0) is 0 Å². The molecule has 0 radical (unpaired) electrons. The summed E-state index contributed by atoms with van der Waals surface area (Å²) in [7, 11) is 0. The average molecular weight is 295 g/mol. The van der Waals surface area contributed by atoms with Crippen LogP contribution in [0.25, 0.3) is 0 Å². The summed E-state index contributed by atoms with van der Waals surface area (Å²) < 4.78 is 5.72. The maximum atomic E-state index is 8.59. The van der Waals surface area contributed by atoms with Gasteiger partial charge in [0.1, 0.15) is 12.4 Å². The number of oxime groups is 1. The van der Waals surface area contributed by atoms with Gasteiger partial charge in [-0.3, -0.25) is 4.90 Å². The Bertz CT molecular complexity index is 450. The average Bonchev–Trinajstić information content (AvgIpc) is 2.47. The predicted octanol–water partition coefficient (Wildman–Crippen LogP) is 1.60. The third-order valence-corrected chi connectivity index (χ3v) is 4.40. The van der Waals surface area contributed by atoms with E-state index in [0.29, 0.717) is 17.4 Å². The first-order valence-electron chi connectivity index (χ1n) is 6.74. The van der Waals surface area contributed by atoms with Crippen LogP contribution in [0.3, 0.4) is 0 Å². The highest BCUT2D eigenvalue weighted by Gasteiger charge is 2.15. The van der Waals surface area contributed by atoms with E-state index in [1.165, 1.54) is 5.75 Å². The van der Waals surface area contributed by atoms with Crippen molar-refractivity contribution < 1.29 is 9.94 Å². The zero-order chi connectivity index (χ0) is 14.4. The Labute approximate surface area is 123 Å². The molecule has 0 saturated carbocycles. The van der Waals surface area contributed by atoms with E-state index in [1.807, 2.05) is 23.9 Å². The van der Waals surface area contributed by atoms with Gasteiger partial charge in [-0.1, -0.05) is 12.1 Å². The zero-order valence-corrected chi connectivity index (χ0v) is 12.5. The topological polar surface area (TPSA) is 71.1 Å². The van der Waals surface area contributed by atoms with Gasteiger partial charge in [-0.05, 0) is 24.3 Å². The molecule has 2 rings (SSSR count). The largest absolute Gasteiger partial charge is 0.492 e. The van der Waals surface area contributed by atoms with Crippen LogP contribution in [0.4, 0.5) is 0 Å². The van der Waals surface area contributed by atoms with E-state index >= 15 is 0 Å². The lowest BCUT2D eigenvalue weighted by molar-refractivity contribution is 0.215. The third kappa shape index (κ3) is 4.31. The van der Waals surface area contributed by atoms with E-state index < -0.39 is 0 Å². The van der Waals surface area contributed by atoms with Crippen molar-refractivity contribution in [1.29, 1.82) is 0 Å². The number of ether oxygens (including phenoxy) is 1. The first-order valence-corrected chi connectivity index (χ1v) is 7.78. The first kappa shape index (κ1) is 15.0. The van der Waals surface area contributed by atoms with Gasteiger partial charge in [0.25, 0.3) is 0 Å². The molecule has 0 spiro atoms.